The predicted octanol–water partition coefficient (Wildman–Crippen LogP) is 4.43. The first kappa shape index (κ1) is 23.8. The molecule has 1 fully saturated rings. The molecule has 0 spiro atoms. The van der Waals surface area contributed by atoms with E-state index in [4.69, 9.17) is 27.9 Å². The number of halogens is 5. The summed E-state index contributed by atoms with van der Waals surface area (Å²) in [5.41, 5.74) is 0.207. The third-order valence-electron chi connectivity index (χ3n) is 5.46. The normalized spacial score (nSPS) is 17.8. The second kappa shape index (κ2) is 9.73. The highest BCUT2D eigenvalue weighted by Gasteiger charge is 2.39. The number of allylic oxidation sites excluding steroid dienone is 3. The van der Waals surface area contributed by atoms with Gasteiger partial charge in [0.25, 0.3) is 0 Å². The minimum atomic E-state index is -4.66. The minimum absolute atomic E-state index is 0.242. The van der Waals surface area contributed by atoms with Gasteiger partial charge in [0.2, 0.25) is 5.91 Å². The molecule has 0 aromatic carbocycles. The lowest BCUT2D eigenvalue weighted by molar-refractivity contribution is -0.142. The summed E-state index contributed by atoms with van der Waals surface area (Å²) in [4.78, 5) is 16.6. The molecule has 1 aliphatic carbocycles. The number of methoxy groups -OCH3 is 1. The summed E-state index contributed by atoms with van der Waals surface area (Å²) in [6.07, 6.45) is -0.332. The van der Waals surface area contributed by atoms with E-state index in [1.54, 1.807) is 12.0 Å². The number of amides is 1. The molecule has 0 bridgehead atoms. The average Bonchev–Trinajstić information content (AvgIpc) is 3.04. The lowest BCUT2D eigenvalue weighted by Crippen LogP contribution is -2.49. The number of ether oxygens (including phenoxy) is 1. The number of nitrogens with zero attached hydrogens (tertiary/aromatic N) is 4. The smallest absolute Gasteiger partial charge is 0.436 e. The first-order chi connectivity index (χ1) is 14.7. The van der Waals surface area contributed by atoms with E-state index in [0.29, 0.717) is 56.2 Å². The number of alkyl halides is 3. The molecule has 2 heterocycles. The molecule has 172 valence electrons. The molecule has 0 saturated carbocycles. The lowest BCUT2D eigenvalue weighted by Gasteiger charge is -2.38. The van der Waals surface area contributed by atoms with E-state index in [-0.39, 0.29) is 18.1 Å². The fourth-order valence-electron chi connectivity index (χ4n) is 3.82. The van der Waals surface area contributed by atoms with E-state index in [1.807, 2.05) is 13.0 Å². The molecule has 1 amide bonds. The van der Waals surface area contributed by atoms with Crippen LogP contribution in [0.15, 0.2) is 22.6 Å². The SMILES string of the molecule is CCCc1c(Cl)c(C(F)(F)F)nn1CC(=O)N1CCN(C2=CC(OC)=C(Cl)CC2)CC1. The van der Waals surface area contributed by atoms with Crippen LogP contribution in [-0.4, -0.2) is 58.8 Å². The van der Waals surface area contributed by atoms with Crippen LogP contribution in [0.4, 0.5) is 13.2 Å². The molecule has 6 nitrogen and oxygen atoms in total. The van der Waals surface area contributed by atoms with Crippen molar-refractivity contribution < 1.29 is 22.7 Å². The van der Waals surface area contributed by atoms with Gasteiger partial charge in [-0.05, 0) is 19.3 Å². The van der Waals surface area contributed by atoms with Crippen LogP contribution in [0.1, 0.15) is 37.6 Å². The molecule has 0 unspecified atom stereocenters. The van der Waals surface area contributed by atoms with Gasteiger partial charge in [-0.3, -0.25) is 9.48 Å². The number of hydrogen-bond donors (Lipinski definition) is 0. The first-order valence-electron chi connectivity index (χ1n) is 10.1. The Kier molecular flexibility index (Phi) is 7.47. The Labute approximate surface area is 189 Å². The molecule has 31 heavy (non-hydrogen) atoms. The van der Waals surface area contributed by atoms with E-state index < -0.39 is 16.9 Å². The van der Waals surface area contributed by atoms with Gasteiger partial charge in [0.15, 0.2) is 5.69 Å². The Balaban J connectivity index is 1.66. The first-order valence-corrected chi connectivity index (χ1v) is 10.9. The van der Waals surface area contributed by atoms with Gasteiger partial charge in [-0.1, -0.05) is 36.5 Å². The maximum Gasteiger partial charge on any atom is 0.436 e. The van der Waals surface area contributed by atoms with Crippen LogP contribution in [0.5, 0.6) is 0 Å². The summed E-state index contributed by atoms with van der Waals surface area (Å²) in [7, 11) is 1.58. The van der Waals surface area contributed by atoms with E-state index in [1.165, 1.54) is 0 Å². The van der Waals surface area contributed by atoms with Gasteiger partial charge in [0, 0.05) is 38.0 Å². The number of carbonyl (C=O) groups is 1. The second-order valence-corrected chi connectivity index (χ2v) is 8.33. The maximum absolute atomic E-state index is 13.2. The van der Waals surface area contributed by atoms with Gasteiger partial charge in [0.1, 0.15) is 12.3 Å². The molecule has 0 atom stereocenters. The van der Waals surface area contributed by atoms with Gasteiger partial charge in [-0.2, -0.15) is 18.3 Å². The largest absolute Gasteiger partial charge is 0.495 e. The Bertz CT molecular complexity index is 888. The predicted molar refractivity (Wildman–Crippen MR) is 112 cm³/mol. The van der Waals surface area contributed by atoms with Crippen LogP contribution >= 0.6 is 23.2 Å². The van der Waals surface area contributed by atoms with Gasteiger partial charge in [-0.15, -0.1) is 0 Å². The molecule has 0 N–H and O–H groups in total. The quantitative estimate of drug-likeness (QED) is 0.604. The maximum atomic E-state index is 13.2. The van der Waals surface area contributed by atoms with Crippen molar-refractivity contribution in [3.8, 4) is 0 Å². The van der Waals surface area contributed by atoms with Crippen LogP contribution < -0.4 is 0 Å². The van der Waals surface area contributed by atoms with Gasteiger partial charge < -0.3 is 14.5 Å². The molecule has 3 rings (SSSR count). The van der Waals surface area contributed by atoms with Crippen molar-refractivity contribution in [1.29, 1.82) is 0 Å². The molecular formula is C20H25Cl2F3N4O2. The molecule has 1 aliphatic heterocycles. The molecule has 0 radical (unpaired) electrons. The summed E-state index contributed by atoms with van der Waals surface area (Å²) in [5, 5.41) is 3.88. The van der Waals surface area contributed by atoms with Crippen LogP contribution in [0.3, 0.4) is 0 Å². The van der Waals surface area contributed by atoms with Crippen molar-refractivity contribution in [2.75, 3.05) is 33.3 Å². The molecule has 11 heteroatoms. The van der Waals surface area contributed by atoms with Crippen molar-refractivity contribution in [2.45, 2.75) is 45.3 Å². The lowest BCUT2D eigenvalue weighted by atomic mass is 10.1. The average molecular weight is 481 g/mol. The topological polar surface area (TPSA) is 50.6 Å². The highest BCUT2D eigenvalue weighted by molar-refractivity contribution is 6.32. The summed E-state index contributed by atoms with van der Waals surface area (Å²) in [6.45, 7) is 3.77. The van der Waals surface area contributed by atoms with Crippen molar-refractivity contribution in [3.05, 3.63) is 39.0 Å². The standard InChI is InChI=1S/C20H25Cl2F3N4O2/c1-3-4-15-18(22)19(20(23,24)25)26-29(15)12-17(30)28-9-7-27(8-10-28)13-5-6-14(21)16(11-13)31-2/h11H,3-10,12H2,1-2H3. The zero-order valence-corrected chi connectivity index (χ0v) is 18.9. The number of aromatic nitrogens is 2. The number of carbonyl (C=O) groups excluding carboxylic acids is 1. The monoisotopic (exact) mass is 480 g/mol. The zero-order chi connectivity index (χ0) is 22.8. The van der Waals surface area contributed by atoms with E-state index >= 15 is 0 Å². The third kappa shape index (κ3) is 5.31. The Morgan fingerprint density at radius 1 is 1.19 bits per heavy atom. The summed E-state index contributed by atoms with van der Waals surface area (Å²) in [6, 6.07) is 0. The highest BCUT2D eigenvalue weighted by Crippen LogP contribution is 2.36. The van der Waals surface area contributed by atoms with Crippen molar-refractivity contribution in [2.24, 2.45) is 0 Å². The minimum Gasteiger partial charge on any atom is -0.495 e. The third-order valence-corrected chi connectivity index (χ3v) is 6.23. The fraction of sp³-hybridized carbons (Fsp3) is 0.600. The zero-order valence-electron chi connectivity index (χ0n) is 17.4. The van der Waals surface area contributed by atoms with Crippen molar-refractivity contribution >= 4 is 29.1 Å². The Morgan fingerprint density at radius 2 is 1.87 bits per heavy atom. The van der Waals surface area contributed by atoms with Crippen LogP contribution in [0.25, 0.3) is 0 Å². The number of rotatable bonds is 6. The fourth-order valence-corrected chi connectivity index (χ4v) is 4.38. The molecule has 1 aromatic rings. The van der Waals surface area contributed by atoms with Crippen molar-refractivity contribution in [3.63, 3.8) is 0 Å². The van der Waals surface area contributed by atoms with Crippen LogP contribution in [-0.2, 0) is 28.7 Å². The van der Waals surface area contributed by atoms with Crippen LogP contribution in [0, 0.1) is 0 Å². The Hall–Kier alpha value is -1.87. The van der Waals surface area contributed by atoms with E-state index in [9.17, 15) is 18.0 Å². The van der Waals surface area contributed by atoms with Gasteiger partial charge in [-0.25, -0.2) is 0 Å². The van der Waals surface area contributed by atoms with E-state index in [2.05, 4.69) is 10.00 Å². The van der Waals surface area contributed by atoms with Crippen LogP contribution in [0.2, 0.25) is 5.02 Å². The Morgan fingerprint density at radius 3 is 2.45 bits per heavy atom. The molecule has 2 aliphatic rings. The number of piperazine rings is 1. The number of hydrogen-bond acceptors (Lipinski definition) is 4. The van der Waals surface area contributed by atoms with Gasteiger partial charge in [0.05, 0.1) is 22.9 Å². The van der Waals surface area contributed by atoms with E-state index in [0.717, 1.165) is 16.8 Å². The highest BCUT2D eigenvalue weighted by atomic mass is 35.5. The molecule has 1 saturated heterocycles. The second-order valence-electron chi connectivity index (χ2n) is 7.49. The molecular weight excluding hydrogens is 456 g/mol. The summed E-state index contributed by atoms with van der Waals surface area (Å²) in [5.74, 6) is 0.379. The van der Waals surface area contributed by atoms with Gasteiger partial charge >= 0.3 is 6.18 Å². The molecule has 1 aromatic heterocycles. The summed E-state index contributed by atoms with van der Waals surface area (Å²) >= 11 is 12.1. The van der Waals surface area contributed by atoms with Crippen molar-refractivity contribution in [1.82, 2.24) is 19.6 Å². The summed E-state index contributed by atoms with van der Waals surface area (Å²) < 4.78 is 46.0.